The SMILES string of the molecule is CC(C)Oc1ccc(-c2ccc(C(=O)NS(=O)(=O)C3=CC=CCC3=O)c(N3C[C@H](C)CC3(C)C)n2)cn1. The summed E-state index contributed by atoms with van der Waals surface area (Å²) in [7, 11) is -4.35. The van der Waals surface area contributed by atoms with Gasteiger partial charge in [0.15, 0.2) is 5.78 Å². The average Bonchev–Trinajstić information content (AvgIpc) is 3.10. The van der Waals surface area contributed by atoms with Gasteiger partial charge < -0.3 is 9.64 Å². The number of hydrogen-bond acceptors (Lipinski definition) is 8. The maximum atomic E-state index is 13.3. The van der Waals surface area contributed by atoms with Crippen LogP contribution in [0, 0.1) is 5.92 Å². The van der Waals surface area contributed by atoms with Crippen molar-refractivity contribution in [3.05, 3.63) is 59.2 Å². The van der Waals surface area contributed by atoms with E-state index in [1.165, 1.54) is 12.2 Å². The van der Waals surface area contributed by atoms with Crippen LogP contribution >= 0.6 is 0 Å². The monoisotopic (exact) mass is 524 g/mol. The van der Waals surface area contributed by atoms with Gasteiger partial charge in [0.05, 0.1) is 17.4 Å². The second-order valence-electron chi connectivity index (χ2n) is 10.4. The number of ketones is 1. The highest BCUT2D eigenvalue weighted by Gasteiger charge is 2.39. The minimum atomic E-state index is -4.35. The van der Waals surface area contributed by atoms with E-state index in [0.717, 1.165) is 12.0 Å². The number of aromatic nitrogens is 2. The average molecular weight is 525 g/mol. The van der Waals surface area contributed by atoms with Gasteiger partial charge in [-0.25, -0.2) is 23.1 Å². The van der Waals surface area contributed by atoms with E-state index in [2.05, 4.69) is 30.5 Å². The van der Waals surface area contributed by atoms with Crippen LogP contribution in [0.5, 0.6) is 5.88 Å². The number of hydrogen-bond donors (Lipinski definition) is 1. The van der Waals surface area contributed by atoms with Gasteiger partial charge in [0, 0.05) is 36.3 Å². The Bertz CT molecular complexity index is 1380. The number of Topliss-reactive ketones (excluding diaryl/α,β-unsaturated/α-hetero) is 1. The molecule has 37 heavy (non-hydrogen) atoms. The van der Waals surface area contributed by atoms with Crippen LogP contribution in [-0.2, 0) is 14.8 Å². The first-order chi connectivity index (χ1) is 17.4. The van der Waals surface area contributed by atoms with E-state index in [9.17, 15) is 18.0 Å². The summed E-state index contributed by atoms with van der Waals surface area (Å²) in [5, 5.41) is 0. The molecule has 1 atom stereocenters. The highest BCUT2D eigenvalue weighted by atomic mass is 32.2. The van der Waals surface area contributed by atoms with Gasteiger partial charge in [-0.05, 0) is 64.3 Å². The molecule has 9 nitrogen and oxygen atoms in total. The first kappa shape index (κ1) is 26.5. The fourth-order valence-corrected chi connectivity index (χ4v) is 5.89. The van der Waals surface area contributed by atoms with Gasteiger partial charge in [0.25, 0.3) is 15.9 Å². The summed E-state index contributed by atoms with van der Waals surface area (Å²) in [5.41, 5.74) is 1.12. The molecule has 2 aromatic rings. The molecule has 0 aromatic carbocycles. The topological polar surface area (TPSA) is 119 Å². The molecule has 196 valence electrons. The maximum absolute atomic E-state index is 13.3. The van der Waals surface area contributed by atoms with Crippen LogP contribution in [0.1, 0.15) is 57.8 Å². The van der Waals surface area contributed by atoms with E-state index in [1.54, 1.807) is 30.5 Å². The van der Waals surface area contributed by atoms with Gasteiger partial charge in [-0.2, -0.15) is 0 Å². The molecule has 0 radical (unpaired) electrons. The Morgan fingerprint density at radius 3 is 2.57 bits per heavy atom. The van der Waals surface area contributed by atoms with Crippen molar-refractivity contribution in [2.24, 2.45) is 5.92 Å². The second kappa shape index (κ2) is 10.1. The molecule has 3 heterocycles. The molecule has 1 N–H and O–H groups in total. The maximum Gasteiger partial charge on any atom is 0.268 e. The zero-order valence-corrected chi connectivity index (χ0v) is 22.5. The molecule has 1 aliphatic carbocycles. The van der Waals surface area contributed by atoms with Crippen molar-refractivity contribution >= 4 is 27.5 Å². The van der Waals surface area contributed by atoms with Crippen molar-refractivity contribution in [2.75, 3.05) is 11.4 Å². The first-order valence-corrected chi connectivity index (χ1v) is 13.7. The van der Waals surface area contributed by atoms with Gasteiger partial charge in [-0.1, -0.05) is 19.1 Å². The predicted molar refractivity (Wildman–Crippen MR) is 142 cm³/mol. The van der Waals surface area contributed by atoms with Crippen LogP contribution < -0.4 is 14.4 Å². The Morgan fingerprint density at radius 2 is 1.97 bits per heavy atom. The van der Waals surface area contributed by atoms with Crippen molar-refractivity contribution in [1.82, 2.24) is 14.7 Å². The lowest BCUT2D eigenvalue weighted by Crippen LogP contribution is -2.41. The summed E-state index contributed by atoms with van der Waals surface area (Å²) in [6, 6.07) is 6.82. The number of allylic oxidation sites excluding steroid dienone is 4. The lowest BCUT2D eigenvalue weighted by atomic mass is 9.97. The van der Waals surface area contributed by atoms with Crippen molar-refractivity contribution in [1.29, 1.82) is 0 Å². The summed E-state index contributed by atoms with van der Waals surface area (Å²) < 4.78 is 33.5. The molecule has 10 heteroatoms. The Morgan fingerprint density at radius 1 is 1.22 bits per heavy atom. The van der Waals surface area contributed by atoms with Crippen LogP contribution in [0.15, 0.2) is 53.6 Å². The van der Waals surface area contributed by atoms with Crippen LogP contribution in [-0.4, -0.2) is 48.3 Å². The van der Waals surface area contributed by atoms with Crippen LogP contribution in [0.2, 0.25) is 0 Å². The number of rotatable bonds is 7. The van der Waals surface area contributed by atoms with Crippen LogP contribution in [0.25, 0.3) is 11.3 Å². The smallest absolute Gasteiger partial charge is 0.268 e. The number of carbonyl (C=O) groups excluding carboxylic acids is 2. The quantitative estimate of drug-likeness (QED) is 0.577. The van der Waals surface area contributed by atoms with Gasteiger partial charge in [0.2, 0.25) is 5.88 Å². The third-order valence-corrected chi connectivity index (χ3v) is 7.71. The van der Waals surface area contributed by atoms with E-state index in [1.807, 2.05) is 24.8 Å². The number of carbonyl (C=O) groups is 2. The second-order valence-corrected chi connectivity index (χ2v) is 12.0. The minimum Gasteiger partial charge on any atom is -0.475 e. The molecule has 1 fully saturated rings. The molecule has 0 spiro atoms. The summed E-state index contributed by atoms with van der Waals surface area (Å²) in [5.74, 6) is -0.178. The number of sulfonamides is 1. The highest BCUT2D eigenvalue weighted by Crippen LogP contribution is 2.38. The Labute approximate surface area is 217 Å². The molecule has 1 amide bonds. The van der Waals surface area contributed by atoms with E-state index >= 15 is 0 Å². The molecule has 4 rings (SSSR count). The summed E-state index contributed by atoms with van der Waals surface area (Å²) in [4.78, 5) is 36.3. The van der Waals surface area contributed by atoms with Gasteiger partial charge in [-0.15, -0.1) is 0 Å². The van der Waals surface area contributed by atoms with Crippen molar-refractivity contribution in [2.45, 2.75) is 59.1 Å². The lowest BCUT2D eigenvalue weighted by Gasteiger charge is -2.34. The largest absolute Gasteiger partial charge is 0.475 e. The Kier molecular flexibility index (Phi) is 7.23. The summed E-state index contributed by atoms with van der Waals surface area (Å²) in [6.07, 6.45) is 6.76. The molecule has 1 saturated heterocycles. The summed E-state index contributed by atoms with van der Waals surface area (Å²) in [6.45, 7) is 10.8. The third-order valence-electron chi connectivity index (χ3n) is 6.32. The van der Waals surface area contributed by atoms with Gasteiger partial charge in [0.1, 0.15) is 10.7 Å². The number of ether oxygens (including phenoxy) is 1. The zero-order chi connectivity index (χ0) is 27.0. The number of anilines is 1. The molecule has 1 aliphatic heterocycles. The number of amides is 1. The van der Waals surface area contributed by atoms with E-state index in [-0.39, 0.29) is 23.6 Å². The first-order valence-electron chi connectivity index (χ1n) is 12.3. The minimum absolute atomic E-state index is 0.00720. The predicted octanol–water partition coefficient (Wildman–Crippen LogP) is 4.03. The lowest BCUT2D eigenvalue weighted by molar-refractivity contribution is -0.114. The Balaban J connectivity index is 1.73. The Hall–Kier alpha value is -3.53. The molecule has 2 aliphatic rings. The molecule has 0 saturated carbocycles. The van der Waals surface area contributed by atoms with E-state index in [4.69, 9.17) is 9.72 Å². The number of pyridine rings is 2. The van der Waals surface area contributed by atoms with E-state index < -0.39 is 26.6 Å². The highest BCUT2D eigenvalue weighted by molar-refractivity contribution is 7.95. The fourth-order valence-electron chi connectivity index (χ4n) is 4.79. The molecular formula is C27H32N4O5S. The molecule has 0 unspecified atom stereocenters. The molecular weight excluding hydrogens is 492 g/mol. The zero-order valence-electron chi connectivity index (χ0n) is 21.7. The van der Waals surface area contributed by atoms with E-state index in [0.29, 0.717) is 29.9 Å². The summed E-state index contributed by atoms with van der Waals surface area (Å²) >= 11 is 0. The molecule has 2 aromatic heterocycles. The van der Waals surface area contributed by atoms with Crippen molar-refractivity contribution in [3.63, 3.8) is 0 Å². The van der Waals surface area contributed by atoms with Gasteiger partial charge in [-0.3, -0.25) is 9.59 Å². The normalized spacial score (nSPS) is 19.2. The van der Waals surface area contributed by atoms with Gasteiger partial charge >= 0.3 is 0 Å². The van der Waals surface area contributed by atoms with Crippen molar-refractivity contribution < 1.29 is 22.7 Å². The number of nitrogens with zero attached hydrogens (tertiary/aromatic N) is 3. The number of nitrogens with one attached hydrogen (secondary N) is 1. The van der Waals surface area contributed by atoms with Crippen LogP contribution in [0.4, 0.5) is 5.82 Å². The molecule has 0 bridgehead atoms. The standard InChI is InChI=1S/C27H32N4O5S/c1-17(2)36-24-13-10-19(15-28-24)21-12-11-20(25(29-21)31-16-18(3)14-27(31,4)5)26(33)30-37(34,35)23-9-7-6-8-22(23)32/h6-7,9-13,15,17-18H,8,14,16H2,1-5H3,(H,30,33)/t18-/m1/s1. The van der Waals surface area contributed by atoms with Crippen molar-refractivity contribution in [3.8, 4) is 17.1 Å². The fraction of sp³-hybridized carbons (Fsp3) is 0.407. The van der Waals surface area contributed by atoms with Crippen LogP contribution in [0.3, 0.4) is 0 Å². The third kappa shape index (κ3) is 5.74.